The van der Waals surface area contributed by atoms with Crippen molar-refractivity contribution in [2.24, 2.45) is 5.41 Å². The molecule has 29 heavy (non-hydrogen) atoms. The minimum atomic E-state index is -1.04. The lowest BCUT2D eigenvalue weighted by atomic mass is 9.85. The predicted octanol–water partition coefficient (Wildman–Crippen LogP) is 0.913. The maximum absolute atomic E-state index is 13.0. The van der Waals surface area contributed by atoms with E-state index >= 15 is 0 Å². The second kappa shape index (κ2) is 9.56. The van der Waals surface area contributed by atoms with Gasteiger partial charge in [0.15, 0.2) is 0 Å². The van der Waals surface area contributed by atoms with Crippen molar-refractivity contribution >= 4 is 23.8 Å². The molecule has 3 unspecified atom stereocenters. The molecule has 1 saturated heterocycles. The molecular formula is C20H35N3O6. The van der Waals surface area contributed by atoms with E-state index in [1.807, 2.05) is 0 Å². The summed E-state index contributed by atoms with van der Waals surface area (Å²) in [7, 11) is 0. The molecule has 0 aromatic carbocycles. The summed E-state index contributed by atoms with van der Waals surface area (Å²) in [6.07, 6.45) is 1.01. The number of rotatable bonds is 7. The van der Waals surface area contributed by atoms with E-state index in [9.17, 15) is 24.3 Å². The second-order valence-corrected chi connectivity index (χ2v) is 9.52. The first-order chi connectivity index (χ1) is 13.1. The van der Waals surface area contributed by atoms with Gasteiger partial charge in [-0.25, -0.2) is 4.79 Å². The summed E-state index contributed by atoms with van der Waals surface area (Å²) in [5.41, 5.74) is -1.24. The van der Waals surface area contributed by atoms with E-state index in [2.05, 4.69) is 10.6 Å². The number of likely N-dealkylation sites (tertiary alicyclic amines) is 1. The lowest BCUT2D eigenvalue weighted by molar-refractivity contribution is -0.153. The van der Waals surface area contributed by atoms with Gasteiger partial charge in [-0.15, -0.1) is 0 Å². The molecule has 0 aromatic rings. The Morgan fingerprint density at radius 2 is 1.72 bits per heavy atom. The van der Waals surface area contributed by atoms with Crippen LogP contribution < -0.4 is 10.6 Å². The third-order valence-electron chi connectivity index (χ3n) is 4.59. The van der Waals surface area contributed by atoms with Crippen LogP contribution in [0.1, 0.15) is 61.3 Å². The van der Waals surface area contributed by atoms with Gasteiger partial charge in [-0.3, -0.25) is 19.7 Å². The van der Waals surface area contributed by atoms with Gasteiger partial charge in [0.25, 0.3) is 0 Å². The Morgan fingerprint density at radius 1 is 1.14 bits per heavy atom. The second-order valence-electron chi connectivity index (χ2n) is 9.52. The maximum Gasteiger partial charge on any atom is 0.326 e. The number of carboxylic acid groups (broad SMARTS) is 1. The van der Waals surface area contributed by atoms with Crippen LogP contribution in [-0.4, -0.2) is 70.6 Å². The highest BCUT2D eigenvalue weighted by Gasteiger charge is 2.42. The largest absolute Gasteiger partial charge is 0.480 e. The van der Waals surface area contributed by atoms with Gasteiger partial charge in [0, 0.05) is 6.54 Å². The van der Waals surface area contributed by atoms with Gasteiger partial charge in [-0.1, -0.05) is 20.8 Å². The number of carboxylic acids is 1. The molecule has 1 aliphatic heterocycles. The van der Waals surface area contributed by atoms with E-state index in [1.165, 1.54) is 4.90 Å². The van der Waals surface area contributed by atoms with Crippen molar-refractivity contribution < 1.29 is 29.0 Å². The van der Waals surface area contributed by atoms with E-state index in [0.717, 1.165) is 0 Å². The number of nitrogens with zero attached hydrogens (tertiary/aromatic N) is 1. The highest BCUT2D eigenvalue weighted by atomic mass is 16.6. The molecule has 1 aliphatic rings. The average molecular weight is 414 g/mol. The van der Waals surface area contributed by atoms with Gasteiger partial charge in [-0.05, 0) is 46.0 Å². The van der Waals surface area contributed by atoms with Crippen LogP contribution >= 0.6 is 0 Å². The molecule has 9 nitrogen and oxygen atoms in total. The van der Waals surface area contributed by atoms with Gasteiger partial charge < -0.3 is 20.1 Å². The quantitative estimate of drug-likeness (QED) is 0.530. The molecule has 1 rings (SSSR count). The predicted molar refractivity (Wildman–Crippen MR) is 107 cm³/mol. The number of ether oxygens (including phenoxy) is 1. The molecule has 2 amide bonds. The molecule has 166 valence electrons. The number of amides is 2. The number of carbonyl (C=O) groups is 4. The number of carbonyl (C=O) groups excluding carboxylic acids is 3. The van der Waals surface area contributed by atoms with Crippen molar-refractivity contribution in [1.29, 1.82) is 0 Å². The molecule has 0 aromatic heterocycles. The van der Waals surface area contributed by atoms with Gasteiger partial charge in [-0.2, -0.15) is 0 Å². The Kier molecular flexibility index (Phi) is 8.20. The van der Waals surface area contributed by atoms with Crippen LogP contribution in [0.3, 0.4) is 0 Å². The fraction of sp³-hybridized carbons (Fsp3) is 0.800. The first-order valence-corrected chi connectivity index (χ1v) is 9.92. The number of nitrogens with one attached hydrogen (secondary N) is 2. The average Bonchev–Trinajstić information content (AvgIpc) is 3.04. The molecule has 1 heterocycles. The van der Waals surface area contributed by atoms with Crippen LogP contribution in [0.4, 0.5) is 0 Å². The highest BCUT2D eigenvalue weighted by molar-refractivity contribution is 5.92. The first-order valence-electron chi connectivity index (χ1n) is 9.92. The molecule has 9 heteroatoms. The van der Waals surface area contributed by atoms with Crippen LogP contribution in [0.25, 0.3) is 0 Å². The lowest BCUT2D eigenvalue weighted by Crippen LogP contribution is -2.59. The Morgan fingerprint density at radius 3 is 2.21 bits per heavy atom. The smallest absolute Gasteiger partial charge is 0.326 e. The van der Waals surface area contributed by atoms with E-state index in [-0.39, 0.29) is 6.54 Å². The monoisotopic (exact) mass is 413 g/mol. The Balaban J connectivity index is 2.78. The summed E-state index contributed by atoms with van der Waals surface area (Å²) in [5, 5.41) is 14.9. The van der Waals surface area contributed by atoms with Gasteiger partial charge in [0.05, 0.1) is 12.6 Å². The molecule has 0 bridgehead atoms. The van der Waals surface area contributed by atoms with Crippen LogP contribution in [0.2, 0.25) is 0 Å². The van der Waals surface area contributed by atoms with Gasteiger partial charge in [0.2, 0.25) is 11.8 Å². The van der Waals surface area contributed by atoms with Crippen molar-refractivity contribution in [2.45, 2.75) is 85.0 Å². The van der Waals surface area contributed by atoms with Gasteiger partial charge >= 0.3 is 11.9 Å². The zero-order valence-corrected chi connectivity index (χ0v) is 18.5. The summed E-state index contributed by atoms with van der Waals surface area (Å²) >= 11 is 0. The molecule has 0 aliphatic carbocycles. The summed E-state index contributed by atoms with van der Waals surface area (Å²) in [6, 6.07) is -2.50. The zero-order valence-electron chi connectivity index (χ0n) is 18.5. The third kappa shape index (κ3) is 7.64. The number of aliphatic carboxylic acids is 1. The van der Waals surface area contributed by atoms with Crippen LogP contribution in [0, 0.1) is 5.41 Å². The molecule has 0 spiro atoms. The summed E-state index contributed by atoms with van der Waals surface area (Å²) in [6.45, 7) is 12.5. The van der Waals surface area contributed by atoms with Crippen LogP contribution in [0.5, 0.6) is 0 Å². The summed E-state index contributed by atoms with van der Waals surface area (Å²) in [5.74, 6) is -2.38. The minimum absolute atomic E-state index is 0.146. The number of hydrogen-bond donors (Lipinski definition) is 3. The van der Waals surface area contributed by atoms with Gasteiger partial charge in [0.1, 0.15) is 17.7 Å². The zero-order chi connectivity index (χ0) is 22.6. The van der Waals surface area contributed by atoms with Crippen molar-refractivity contribution in [1.82, 2.24) is 15.5 Å². The molecule has 3 atom stereocenters. The van der Waals surface area contributed by atoms with E-state index in [1.54, 1.807) is 48.5 Å². The standard InChI is InChI=1S/C20H35N3O6/c1-12(21-11-14(24)29-20(5,6)7)16(25)22-15(19(2,3)4)17(26)23-10-8-9-13(23)18(27)28/h12-13,15,21H,8-11H2,1-7H3,(H,22,25)(H,27,28). The van der Waals surface area contributed by atoms with E-state index in [4.69, 9.17) is 4.74 Å². The highest BCUT2D eigenvalue weighted by Crippen LogP contribution is 2.26. The van der Waals surface area contributed by atoms with Crippen molar-refractivity contribution in [2.75, 3.05) is 13.1 Å². The lowest BCUT2D eigenvalue weighted by Gasteiger charge is -2.35. The fourth-order valence-corrected chi connectivity index (χ4v) is 3.08. The summed E-state index contributed by atoms with van der Waals surface area (Å²) < 4.78 is 5.19. The first kappa shape index (κ1) is 24.9. The maximum atomic E-state index is 13.0. The summed E-state index contributed by atoms with van der Waals surface area (Å²) in [4.78, 5) is 50.2. The minimum Gasteiger partial charge on any atom is -0.480 e. The SMILES string of the molecule is CC(NCC(=O)OC(C)(C)C)C(=O)NC(C(=O)N1CCCC1C(=O)O)C(C)(C)C. The van der Waals surface area contributed by atoms with Crippen LogP contribution in [0.15, 0.2) is 0 Å². The topological polar surface area (TPSA) is 125 Å². The Hall–Kier alpha value is -2.16. The number of esters is 1. The van der Waals surface area contributed by atoms with Crippen molar-refractivity contribution in [3.05, 3.63) is 0 Å². The van der Waals surface area contributed by atoms with E-state index in [0.29, 0.717) is 19.4 Å². The third-order valence-corrected chi connectivity index (χ3v) is 4.59. The van der Waals surface area contributed by atoms with Crippen molar-refractivity contribution in [3.63, 3.8) is 0 Å². The van der Waals surface area contributed by atoms with E-state index < -0.39 is 52.9 Å². The normalized spacial score (nSPS) is 19.4. The molecule has 0 saturated carbocycles. The van der Waals surface area contributed by atoms with Crippen molar-refractivity contribution in [3.8, 4) is 0 Å². The fourth-order valence-electron chi connectivity index (χ4n) is 3.08. The Labute approximate surface area is 172 Å². The molecule has 0 radical (unpaired) electrons. The molecule has 3 N–H and O–H groups in total. The molecule has 1 fully saturated rings. The molecular weight excluding hydrogens is 378 g/mol. The Bertz CT molecular complexity index is 635. The van der Waals surface area contributed by atoms with Crippen LogP contribution in [-0.2, 0) is 23.9 Å². The number of hydrogen-bond acceptors (Lipinski definition) is 6.